The maximum Gasteiger partial charge on any atom is 0.337 e. The van der Waals surface area contributed by atoms with Gasteiger partial charge in [-0.05, 0) is 12.1 Å². The van der Waals surface area contributed by atoms with Crippen LogP contribution in [-0.2, 0) is 9.53 Å². The number of rotatable bonds is 5. The molecule has 2 amide bonds. The molecule has 0 radical (unpaired) electrons. The number of para-hydroxylation sites is 1. The van der Waals surface area contributed by atoms with Crippen molar-refractivity contribution in [2.45, 2.75) is 0 Å². The van der Waals surface area contributed by atoms with Gasteiger partial charge < -0.3 is 20.9 Å². The highest BCUT2D eigenvalue weighted by atomic mass is 16.5. The number of carboxylic acids is 1. The Hall–Kier alpha value is -2.41. The summed E-state index contributed by atoms with van der Waals surface area (Å²) in [5.41, 5.74) is 4.71. The lowest BCUT2D eigenvalue weighted by Crippen LogP contribution is -2.23. The first-order valence-corrected chi connectivity index (χ1v) is 4.92. The van der Waals surface area contributed by atoms with Crippen LogP contribution in [0, 0.1) is 0 Å². The van der Waals surface area contributed by atoms with Gasteiger partial charge in [0.1, 0.15) is 6.61 Å². The molecule has 7 heteroatoms. The minimum absolute atomic E-state index is 0.0700. The molecule has 1 aromatic carbocycles. The molecular formula is C11H12N2O5. The molecule has 0 bridgehead atoms. The Bertz CT molecular complexity index is 466. The highest BCUT2D eigenvalue weighted by Crippen LogP contribution is 2.21. The van der Waals surface area contributed by atoms with Crippen molar-refractivity contribution in [1.82, 2.24) is 0 Å². The number of amides is 2. The Balaban J connectivity index is 3.23. The van der Waals surface area contributed by atoms with Crippen LogP contribution in [-0.4, -0.2) is 36.6 Å². The Kier molecular flexibility index (Phi) is 4.39. The number of hydrogen-bond donors (Lipinski definition) is 3. The lowest BCUT2D eigenvalue weighted by Gasteiger charge is -2.11. The van der Waals surface area contributed by atoms with Gasteiger partial charge in [-0.1, -0.05) is 6.07 Å². The van der Waals surface area contributed by atoms with E-state index in [2.05, 4.69) is 10.1 Å². The van der Waals surface area contributed by atoms with Crippen LogP contribution in [0.2, 0.25) is 0 Å². The quantitative estimate of drug-likeness (QED) is 0.685. The maximum atomic E-state index is 11.4. The van der Waals surface area contributed by atoms with Crippen LogP contribution in [0.1, 0.15) is 20.7 Å². The SMILES string of the molecule is COCC(=O)Nc1c(C(N)=O)cccc1C(=O)O. The Morgan fingerprint density at radius 2 is 1.94 bits per heavy atom. The first-order chi connectivity index (χ1) is 8.47. The highest BCUT2D eigenvalue weighted by molar-refractivity contribution is 6.09. The Morgan fingerprint density at radius 1 is 1.33 bits per heavy atom. The van der Waals surface area contributed by atoms with E-state index in [9.17, 15) is 14.4 Å². The van der Waals surface area contributed by atoms with E-state index in [1.54, 1.807) is 0 Å². The average Bonchev–Trinajstić information content (AvgIpc) is 2.28. The summed E-state index contributed by atoms with van der Waals surface area (Å²) < 4.78 is 4.60. The van der Waals surface area contributed by atoms with Gasteiger partial charge in [0.15, 0.2) is 0 Å². The van der Waals surface area contributed by atoms with Crippen molar-refractivity contribution in [3.8, 4) is 0 Å². The zero-order valence-corrected chi connectivity index (χ0v) is 9.60. The second-order valence-electron chi connectivity index (χ2n) is 3.38. The van der Waals surface area contributed by atoms with Crippen molar-refractivity contribution < 1.29 is 24.2 Å². The van der Waals surface area contributed by atoms with Gasteiger partial charge >= 0.3 is 5.97 Å². The maximum absolute atomic E-state index is 11.4. The third kappa shape index (κ3) is 3.05. The third-order valence-electron chi connectivity index (χ3n) is 2.10. The number of hydrogen-bond acceptors (Lipinski definition) is 4. The van der Waals surface area contributed by atoms with Crippen LogP contribution in [0.3, 0.4) is 0 Å². The highest BCUT2D eigenvalue weighted by Gasteiger charge is 2.18. The number of carboxylic acid groups (broad SMARTS) is 1. The summed E-state index contributed by atoms with van der Waals surface area (Å²) in [5.74, 6) is -2.68. The van der Waals surface area contributed by atoms with E-state index in [-0.39, 0.29) is 23.4 Å². The van der Waals surface area contributed by atoms with Crippen LogP contribution in [0.5, 0.6) is 0 Å². The number of nitrogens with two attached hydrogens (primary N) is 1. The van der Waals surface area contributed by atoms with Crippen molar-refractivity contribution in [1.29, 1.82) is 0 Å². The molecule has 7 nitrogen and oxygen atoms in total. The second kappa shape index (κ2) is 5.78. The van der Waals surface area contributed by atoms with Crippen LogP contribution < -0.4 is 11.1 Å². The van der Waals surface area contributed by atoms with Crippen LogP contribution >= 0.6 is 0 Å². The van der Waals surface area contributed by atoms with Gasteiger partial charge in [0.25, 0.3) is 5.91 Å². The molecule has 0 atom stereocenters. The van der Waals surface area contributed by atoms with E-state index in [0.29, 0.717) is 0 Å². The molecule has 0 aromatic heterocycles. The van der Waals surface area contributed by atoms with Crippen molar-refractivity contribution in [2.24, 2.45) is 5.73 Å². The van der Waals surface area contributed by atoms with Gasteiger partial charge in [-0.15, -0.1) is 0 Å². The van der Waals surface area contributed by atoms with Crippen LogP contribution in [0.4, 0.5) is 5.69 Å². The summed E-state index contributed by atoms with van der Waals surface area (Å²) in [5, 5.41) is 11.3. The minimum atomic E-state index is -1.27. The van der Waals surface area contributed by atoms with E-state index in [4.69, 9.17) is 10.8 Å². The first kappa shape index (κ1) is 13.7. The fraction of sp³-hybridized carbons (Fsp3) is 0.182. The number of carbonyl (C=O) groups is 3. The lowest BCUT2D eigenvalue weighted by atomic mass is 10.1. The summed E-state index contributed by atoms with van der Waals surface area (Å²) in [6.45, 7) is -0.258. The van der Waals surface area contributed by atoms with Gasteiger partial charge in [-0.25, -0.2) is 4.79 Å². The fourth-order valence-electron chi connectivity index (χ4n) is 1.38. The topological polar surface area (TPSA) is 119 Å². The number of ether oxygens (including phenoxy) is 1. The summed E-state index contributed by atoms with van der Waals surface area (Å²) in [6, 6.07) is 3.96. The number of methoxy groups -OCH3 is 1. The minimum Gasteiger partial charge on any atom is -0.478 e. The molecular weight excluding hydrogens is 240 g/mol. The molecule has 0 saturated carbocycles. The molecule has 0 aliphatic heterocycles. The molecule has 0 heterocycles. The van der Waals surface area contributed by atoms with Gasteiger partial charge in [-0.2, -0.15) is 0 Å². The standard InChI is InChI=1S/C11H12N2O5/c1-18-5-8(14)13-9-6(10(12)15)3-2-4-7(9)11(16)17/h2-4H,5H2,1H3,(H2,12,15)(H,13,14)(H,16,17). The molecule has 4 N–H and O–H groups in total. The Labute approximate surface area is 103 Å². The number of anilines is 1. The summed E-state index contributed by atoms with van der Waals surface area (Å²) in [7, 11) is 1.32. The number of nitrogens with one attached hydrogen (secondary N) is 1. The molecule has 1 rings (SSSR count). The number of aromatic carboxylic acids is 1. The van der Waals surface area contributed by atoms with Crippen molar-refractivity contribution in [2.75, 3.05) is 19.0 Å². The Morgan fingerprint density at radius 3 is 2.44 bits per heavy atom. The molecule has 0 aliphatic rings. The zero-order chi connectivity index (χ0) is 13.7. The molecule has 18 heavy (non-hydrogen) atoms. The first-order valence-electron chi connectivity index (χ1n) is 4.92. The van der Waals surface area contributed by atoms with Gasteiger partial charge in [-0.3, -0.25) is 9.59 Å². The van der Waals surface area contributed by atoms with E-state index in [0.717, 1.165) is 0 Å². The van der Waals surface area contributed by atoms with E-state index >= 15 is 0 Å². The van der Waals surface area contributed by atoms with Crippen molar-refractivity contribution in [3.05, 3.63) is 29.3 Å². The third-order valence-corrected chi connectivity index (χ3v) is 2.10. The van der Waals surface area contributed by atoms with E-state index in [1.807, 2.05) is 0 Å². The molecule has 1 aromatic rings. The summed E-state index contributed by atoms with van der Waals surface area (Å²) >= 11 is 0. The predicted molar refractivity (Wildman–Crippen MR) is 62.4 cm³/mol. The molecule has 0 fully saturated rings. The van der Waals surface area contributed by atoms with Gasteiger partial charge in [0, 0.05) is 7.11 Å². The summed E-state index contributed by atoms with van der Waals surface area (Å²) in [4.78, 5) is 33.6. The number of benzene rings is 1. The van der Waals surface area contributed by atoms with Crippen LogP contribution in [0.15, 0.2) is 18.2 Å². The lowest BCUT2D eigenvalue weighted by molar-refractivity contribution is -0.119. The van der Waals surface area contributed by atoms with Crippen LogP contribution in [0.25, 0.3) is 0 Å². The second-order valence-corrected chi connectivity index (χ2v) is 3.38. The van der Waals surface area contributed by atoms with Crippen molar-refractivity contribution in [3.63, 3.8) is 0 Å². The van der Waals surface area contributed by atoms with Gasteiger partial charge in [0.2, 0.25) is 5.91 Å². The molecule has 0 unspecified atom stereocenters. The number of primary amides is 1. The van der Waals surface area contributed by atoms with Gasteiger partial charge in [0.05, 0.1) is 16.8 Å². The molecule has 0 saturated heterocycles. The fourth-order valence-corrected chi connectivity index (χ4v) is 1.38. The summed E-state index contributed by atoms with van der Waals surface area (Å²) in [6.07, 6.45) is 0. The van der Waals surface area contributed by atoms with E-state index in [1.165, 1.54) is 25.3 Å². The number of carbonyl (C=O) groups excluding carboxylic acids is 2. The predicted octanol–water partition coefficient (Wildman–Crippen LogP) is 0.0686. The normalized spacial score (nSPS) is 9.83. The molecule has 96 valence electrons. The molecule has 0 spiro atoms. The molecule has 0 aliphatic carbocycles. The average molecular weight is 252 g/mol. The van der Waals surface area contributed by atoms with Crippen molar-refractivity contribution >= 4 is 23.5 Å². The largest absolute Gasteiger partial charge is 0.478 e. The van der Waals surface area contributed by atoms with E-state index < -0.39 is 17.8 Å². The monoisotopic (exact) mass is 252 g/mol. The smallest absolute Gasteiger partial charge is 0.337 e. The zero-order valence-electron chi connectivity index (χ0n) is 9.60.